The Morgan fingerprint density at radius 2 is 2.00 bits per heavy atom. The molecule has 24 heavy (non-hydrogen) atoms. The summed E-state index contributed by atoms with van der Waals surface area (Å²) in [6, 6.07) is 13.4. The predicted molar refractivity (Wildman–Crippen MR) is 82.8 cm³/mol. The van der Waals surface area contributed by atoms with E-state index in [0.29, 0.717) is 11.9 Å². The first-order valence-electron chi connectivity index (χ1n) is 7.05. The highest BCUT2D eigenvalue weighted by Crippen LogP contribution is 2.24. The molecule has 1 aromatic heterocycles. The summed E-state index contributed by atoms with van der Waals surface area (Å²) in [6.07, 6.45) is -0.724. The Morgan fingerprint density at radius 1 is 1.21 bits per heavy atom. The summed E-state index contributed by atoms with van der Waals surface area (Å²) in [7, 11) is 0. The van der Waals surface area contributed by atoms with Crippen LogP contribution in [0.3, 0.4) is 0 Å². The maximum absolute atomic E-state index is 11.6. The second-order valence-electron chi connectivity index (χ2n) is 4.83. The second kappa shape index (κ2) is 6.78. The van der Waals surface area contributed by atoms with E-state index in [-0.39, 0.29) is 24.0 Å². The minimum absolute atomic E-state index is 0.143. The molecule has 0 aliphatic heterocycles. The molecule has 0 atom stereocenters. The highest BCUT2D eigenvalue weighted by molar-refractivity contribution is 5.76. The van der Waals surface area contributed by atoms with Crippen molar-refractivity contribution in [2.75, 3.05) is 6.61 Å². The van der Waals surface area contributed by atoms with Gasteiger partial charge < -0.3 is 13.9 Å². The van der Waals surface area contributed by atoms with Crippen LogP contribution in [-0.2, 0) is 11.2 Å². The third-order valence-corrected chi connectivity index (χ3v) is 3.19. The number of carbonyl (C=O) groups is 1. The first-order valence-corrected chi connectivity index (χ1v) is 7.05. The van der Waals surface area contributed by atoms with Gasteiger partial charge in [-0.3, -0.25) is 10.1 Å². The van der Waals surface area contributed by atoms with E-state index in [1.165, 1.54) is 18.2 Å². The lowest BCUT2D eigenvalue weighted by Crippen LogP contribution is -2.12. The predicted octanol–water partition coefficient (Wildman–Crippen LogP) is 3.49. The largest absolute Gasteiger partial charge is 0.517 e. The minimum Gasteiger partial charge on any atom is -0.434 e. The van der Waals surface area contributed by atoms with Gasteiger partial charge in [0, 0.05) is 12.5 Å². The quantitative estimate of drug-likeness (QED) is 0.401. The number of nitro groups is 1. The molecule has 0 bridgehead atoms. The maximum atomic E-state index is 11.6. The van der Waals surface area contributed by atoms with Gasteiger partial charge in [0.25, 0.3) is 5.69 Å². The van der Waals surface area contributed by atoms with E-state index in [1.54, 1.807) is 0 Å². The Bertz CT molecular complexity index is 875. The van der Waals surface area contributed by atoms with Crippen molar-refractivity contribution in [3.63, 3.8) is 0 Å². The number of nitrogens with zero attached hydrogens (tertiary/aromatic N) is 2. The lowest BCUT2D eigenvalue weighted by Gasteiger charge is -2.03. The summed E-state index contributed by atoms with van der Waals surface area (Å²) < 4.78 is 14.9. The van der Waals surface area contributed by atoms with E-state index >= 15 is 0 Å². The van der Waals surface area contributed by atoms with Crippen LogP contribution >= 0.6 is 0 Å². The normalized spacial score (nSPS) is 10.5. The van der Waals surface area contributed by atoms with Crippen molar-refractivity contribution in [1.29, 1.82) is 0 Å². The van der Waals surface area contributed by atoms with Crippen LogP contribution in [0.5, 0.6) is 6.08 Å². The Balaban J connectivity index is 1.58. The molecule has 0 aliphatic carbocycles. The number of oxazole rings is 1. The van der Waals surface area contributed by atoms with Gasteiger partial charge in [-0.1, -0.05) is 30.3 Å². The molecule has 0 amide bonds. The fraction of sp³-hybridized carbons (Fsp3) is 0.125. The fourth-order valence-corrected chi connectivity index (χ4v) is 2.05. The molecular weight excluding hydrogens is 316 g/mol. The molecule has 2 aromatic carbocycles. The van der Waals surface area contributed by atoms with Crippen molar-refractivity contribution >= 4 is 22.9 Å². The molecule has 0 saturated heterocycles. The van der Waals surface area contributed by atoms with Crippen LogP contribution in [0.1, 0.15) is 5.56 Å². The van der Waals surface area contributed by atoms with Gasteiger partial charge in [-0.15, -0.1) is 0 Å². The number of hydrogen-bond donors (Lipinski definition) is 0. The van der Waals surface area contributed by atoms with Crippen molar-refractivity contribution in [1.82, 2.24) is 4.98 Å². The number of hydrogen-bond acceptors (Lipinski definition) is 7. The third-order valence-electron chi connectivity index (χ3n) is 3.19. The molecule has 3 aromatic rings. The molecule has 0 radical (unpaired) electrons. The highest BCUT2D eigenvalue weighted by atomic mass is 16.8. The SMILES string of the molecule is O=C(OCCc1ccccc1)Oc1nc2ccc([N+](=O)[O-])cc2o1. The van der Waals surface area contributed by atoms with Crippen LogP contribution < -0.4 is 4.74 Å². The van der Waals surface area contributed by atoms with Gasteiger partial charge in [0.2, 0.25) is 0 Å². The van der Waals surface area contributed by atoms with Crippen molar-refractivity contribution in [3.8, 4) is 6.08 Å². The van der Waals surface area contributed by atoms with Crippen molar-refractivity contribution in [2.24, 2.45) is 0 Å². The third kappa shape index (κ3) is 3.67. The molecule has 0 spiro atoms. The molecule has 0 saturated carbocycles. The van der Waals surface area contributed by atoms with Crippen LogP contribution in [-0.4, -0.2) is 22.7 Å². The van der Waals surface area contributed by atoms with E-state index in [9.17, 15) is 14.9 Å². The number of benzene rings is 2. The molecule has 0 fully saturated rings. The summed E-state index contributed by atoms with van der Waals surface area (Å²) in [4.78, 5) is 25.7. The number of nitro benzene ring substituents is 1. The van der Waals surface area contributed by atoms with Gasteiger partial charge >= 0.3 is 12.2 Å². The number of aromatic nitrogens is 1. The standard InChI is InChI=1S/C16H12N2O6/c19-16(22-9-8-11-4-2-1-3-5-11)24-15-17-13-7-6-12(18(20)21)10-14(13)23-15/h1-7,10H,8-9H2. The summed E-state index contributed by atoms with van der Waals surface area (Å²) in [5.41, 5.74) is 1.37. The molecular formula is C16H12N2O6. The topological polar surface area (TPSA) is 105 Å². The van der Waals surface area contributed by atoms with Crippen molar-refractivity contribution in [3.05, 3.63) is 64.2 Å². The zero-order valence-electron chi connectivity index (χ0n) is 12.4. The van der Waals surface area contributed by atoms with Gasteiger partial charge in [-0.05, 0) is 11.6 Å². The Labute approximate surface area is 135 Å². The van der Waals surface area contributed by atoms with Gasteiger partial charge in [0.1, 0.15) is 5.52 Å². The smallest absolute Gasteiger partial charge is 0.434 e. The molecule has 3 rings (SSSR count). The molecule has 8 heteroatoms. The van der Waals surface area contributed by atoms with E-state index < -0.39 is 11.1 Å². The average molecular weight is 328 g/mol. The van der Waals surface area contributed by atoms with Crippen molar-refractivity contribution < 1.29 is 23.6 Å². The first-order chi connectivity index (χ1) is 11.6. The Hall–Kier alpha value is -3.42. The maximum Gasteiger partial charge on any atom is 0.517 e. The average Bonchev–Trinajstić information content (AvgIpc) is 2.96. The summed E-state index contributed by atoms with van der Waals surface area (Å²) in [6.45, 7) is 0.147. The Morgan fingerprint density at radius 3 is 2.75 bits per heavy atom. The minimum atomic E-state index is -0.952. The number of ether oxygens (including phenoxy) is 2. The molecule has 122 valence electrons. The van der Waals surface area contributed by atoms with Gasteiger partial charge in [-0.25, -0.2) is 4.79 Å². The lowest BCUT2D eigenvalue weighted by atomic mass is 10.2. The van der Waals surface area contributed by atoms with Gasteiger partial charge in [-0.2, -0.15) is 4.98 Å². The van der Waals surface area contributed by atoms with E-state index in [4.69, 9.17) is 13.9 Å². The highest BCUT2D eigenvalue weighted by Gasteiger charge is 2.15. The fourth-order valence-electron chi connectivity index (χ4n) is 2.05. The molecule has 8 nitrogen and oxygen atoms in total. The second-order valence-corrected chi connectivity index (χ2v) is 4.83. The summed E-state index contributed by atoms with van der Waals surface area (Å²) in [5.74, 6) is 0. The molecule has 0 unspecified atom stereocenters. The number of fused-ring (bicyclic) bond motifs is 1. The van der Waals surface area contributed by atoms with E-state index in [1.807, 2.05) is 30.3 Å². The number of rotatable bonds is 5. The van der Waals surface area contributed by atoms with Gasteiger partial charge in [0.05, 0.1) is 17.6 Å². The monoisotopic (exact) mass is 328 g/mol. The zero-order chi connectivity index (χ0) is 16.9. The molecule has 1 heterocycles. The zero-order valence-corrected chi connectivity index (χ0v) is 12.4. The summed E-state index contributed by atoms with van der Waals surface area (Å²) in [5, 5.41) is 10.7. The van der Waals surface area contributed by atoms with Crippen LogP contribution in [0.4, 0.5) is 10.5 Å². The van der Waals surface area contributed by atoms with E-state index in [2.05, 4.69) is 4.98 Å². The number of carbonyl (C=O) groups excluding carboxylic acids is 1. The van der Waals surface area contributed by atoms with Crippen LogP contribution in [0, 0.1) is 10.1 Å². The van der Waals surface area contributed by atoms with Crippen molar-refractivity contribution in [2.45, 2.75) is 6.42 Å². The van der Waals surface area contributed by atoms with Crippen LogP contribution in [0.25, 0.3) is 11.1 Å². The summed E-state index contributed by atoms with van der Waals surface area (Å²) >= 11 is 0. The van der Waals surface area contributed by atoms with Gasteiger partial charge in [0.15, 0.2) is 5.58 Å². The Kier molecular flexibility index (Phi) is 4.37. The first kappa shape index (κ1) is 15.5. The van der Waals surface area contributed by atoms with E-state index in [0.717, 1.165) is 5.56 Å². The number of non-ortho nitro benzene ring substituents is 1. The van der Waals surface area contributed by atoms with Crippen LogP contribution in [0.15, 0.2) is 52.9 Å². The molecule has 0 N–H and O–H groups in total. The lowest BCUT2D eigenvalue weighted by molar-refractivity contribution is -0.384. The van der Waals surface area contributed by atoms with Crippen LogP contribution in [0.2, 0.25) is 0 Å². The molecule has 0 aliphatic rings.